The third-order valence-corrected chi connectivity index (χ3v) is 6.44. The topological polar surface area (TPSA) is 105 Å². The maximum absolute atomic E-state index is 6.04. The first kappa shape index (κ1) is 21.1. The van der Waals surface area contributed by atoms with Crippen molar-refractivity contribution in [1.82, 2.24) is 29.9 Å². The molecule has 8 heteroatoms. The van der Waals surface area contributed by atoms with Crippen molar-refractivity contribution in [3.63, 3.8) is 0 Å². The molecule has 1 aliphatic rings. The van der Waals surface area contributed by atoms with Gasteiger partial charge in [0.1, 0.15) is 11.4 Å². The van der Waals surface area contributed by atoms with Crippen LogP contribution in [0.15, 0.2) is 48.7 Å². The van der Waals surface area contributed by atoms with Gasteiger partial charge in [-0.2, -0.15) is 0 Å². The summed E-state index contributed by atoms with van der Waals surface area (Å²) in [5, 5.41) is 8.62. The summed E-state index contributed by atoms with van der Waals surface area (Å²) in [6.07, 6.45) is 5.52. The second-order valence-electron chi connectivity index (χ2n) is 8.88. The van der Waals surface area contributed by atoms with Gasteiger partial charge in [0, 0.05) is 16.7 Å². The van der Waals surface area contributed by atoms with Gasteiger partial charge >= 0.3 is 0 Å². The molecule has 0 bridgehead atoms. The van der Waals surface area contributed by atoms with E-state index in [9.17, 15) is 0 Å². The van der Waals surface area contributed by atoms with Crippen molar-refractivity contribution in [2.75, 3.05) is 12.8 Å². The van der Waals surface area contributed by atoms with E-state index in [1.807, 2.05) is 43.5 Å². The van der Waals surface area contributed by atoms with Gasteiger partial charge in [0.15, 0.2) is 0 Å². The van der Waals surface area contributed by atoms with Crippen LogP contribution in [0.25, 0.3) is 22.6 Å². The largest absolute Gasteiger partial charge is 0.496 e. The highest BCUT2D eigenvalue weighted by atomic mass is 16.5. The Morgan fingerprint density at radius 2 is 1.82 bits per heavy atom. The van der Waals surface area contributed by atoms with E-state index in [2.05, 4.69) is 39.3 Å². The minimum atomic E-state index is 0.170. The summed E-state index contributed by atoms with van der Waals surface area (Å²) in [4.78, 5) is 13.7. The molecule has 33 heavy (non-hydrogen) atoms. The third kappa shape index (κ3) is 4.04. The first-order chi connectivity index (χ1) is 15.9. The van der Waals surface area contributed by atoms with Crippen LogP contribution in [-0.2, 0) is 12.0 Å². The second-order valence-corrected chi connectivity index (χ2v) is 8.88. The molecule has 1 saturated carbocycles. The van der Waals surface area contributed by atoms with Crippen LogP contribution in [0.2, 0.25) is 0 Å². The number of pyridine rings is 1. The molecule has 0 amide bonds. The molecular formula is C25H27N7O. The van der Waals surface area contributed by atoms with Crippen LogP contribution >= 0.6 is 0 Å². The summed E-state index contributed by atoms with van der Waals surface area (Å²) < 4.78 is 7.37. The average Bonchev–Trinajstić information content (AvgIpc) is 3.25. The van der Waals surface area contributed by atoms with E-state index in [0.29, 0.717) is 23.6 Å². The van der Waals surface area contributed by atoms with Crippen molar-refractivity contribution in [3.05, 3.63) is 65.6 Å². The molecule has 168 valence electrons. The van der Waals surface area contributed by atoms with E-state index < -0.39 is 0 Å². The number of aromatic nitrogens is 6. The number of benzene rings is 1. The summed E-state index contributed by atoms with van der Waals surface area (Å²) >= 11 is 0. The number of aryl methyl sites for hydroxylation is 1. The Kier molecular flexibility index (Phi) is 5.28. The highest BCUT2D eigenvalue weighted by molar-refractivity contribution is 5.73. The Balaban J connectivity index is 1.43. The number of nitrogens with zero attached hydrogens (tertiary/aromatic N) is 6. The van der Waals surface area contributed by atoms with Gasteiger partial charge in [-0.25, -0.2) is 14.6 Å². The van der Waals surface area contributed by atoms with Crippen molar-refractivity contribution in [2.45, 2.75) is 45.1 Å². The zero-order valence-electron chi connectivity index (χ0n) is 19.1. The Morgan fingerprint density at radius 3 is 2.58 bits per heavy atom. The second kappa shape index (κ2) is 8.27. The summed E-state index contributed by atoms with van der Waals surface area (Å²) in [5.41, 5.74) is 12.1. The molecule has 1 aliphatic carbocycles. The Morgan fingerprint density at radius 1 is 1.03 bits per heavy atom. The van der Waals surface area contributed by atoms with Crippen molar-refractivity contribution in [1.29, 1.82) is 0 Å². The normalized spacial score (nSPS) is 14.6. The molecule has 2 N–H and O–H groups in total. The lowest BCUT2D eigenvalue weighted by Gasteiger charge is -2.37. The van der Waals surface area contributed by atoms with Gasteiger partial charge in [-0.3, -0.25) is 4.98 Å². The Labute approximate surface area is 192 Å². The molecule has 8 nitrogen and oxygen atoms in total. The number of nitrogens with two attached hydrogens (primary N) is 1. The van der Waals surface area contributed by atoms with E-state index in [-0.39, 0.29) is 11.4 Å². The summed E-state index contributed by atoms with van der Waals surface area (Å²) in [7, 11) is 1.65. The van der Waals surface area contributed by atoms with Crippen molar-refractivity contribution < 1.29 is 4.74 Å². The summed E-state index contributed by atoms with van der Waals surface area (Å²) in [5.74, 6) is 0.931. The highest BCUT2D eigenvalue weighted by Crippen LogP contribution is 2.42. The minimum absolute atomic E-state index is 0.170. The number of ether oxygens (including phenoxy) is 1. The zero-order chi connectivity index (χ0) is 23.0. The predicted molar refractivity (Wildman–Crippen MR) is 127 cm³/mol. The number of nitrogen functional groups attached to an aromatic ring is 1. The van der Waals surface area contributed by atoms with E-state index in [4.69, 9.17) is 15.5 Å². The van der Waals surface area contributed by atoms with Gasteiger partial charge in [0.2, 0.25) is 5.95 Å². The average molecular weight is 442 g/mol. The van der Waals surface area contributed by atoms with Crippen LogP contribution in [0, 0.1) is 6.92 Å². The number of rotatable bonds is 6. The summed E-state index contributed by atoms with van der Waals surface area (Å²) in [6.45, 7) is 4.82. The van der Waals surface area contributed by atoms with Gasteiger partial charge in [0.25, 0.3) is 0 Å². The van der Waals surface area contributed by atoms with Crippen molar-refractivity contribution in [2.24, 2.45) is 0 Å². The molecule has 3 aromatic heterocycles. The van der Waals surface area contributed by atoms with E-state index in [1.165, 1.54) is 19.3 Å². The van der Waals surface area contributed by atoms with Gasteiger partial charge in [-0.05, 0) is 49.6 Å². The zero-order valence-corrected chi connectivity index (χ0v) is 19.1. The van der Waals surface area contributed by atoms with Crippen LogP contribution in [0.5, 0.6) is 5.75 Å². The molecule has 3 heterocycles. The number of methoxy groups -OCH3 is 1. The van der Waals surface area contributed by atoms with Crippen molar-refractivity contribution >= 4 is 5.95 Å². The lowest BCUT2D eigenvalue weighted by Crippen LogP contribution is -2.31. The smallest absolute Gasteiger partial charge is 0.221 e. The lowest BCUT2D eigenvalue weighted by atomic mass is 9.68. The van der Waals surface area contributed by atoms with E-state index >= 15 is 0 Å². The molecular weight excluding hydrogens is 414 g/mol. The van der Waals surface area contributed by atoms with Gasteiger partial charge in [-0.1, -0.05) is 36.8 Å². The fraction of sp³-hybridized carbons (Fsp3) is 0.320. The number of hydrogen-bond acceptors (Lipinski definition) is 7. The molecule has 4 aromatic rings. The Hall–Kier alpha value is -3.81. The van der Waals surface area contributed by atoms with Crippen LogP contribution in [-0.4, -0.2) is 37.1 Å². The first-order valence-electron chi connectivity index (χ1n) is 11.1. The van der Waals surface area contributed by atoms with Crippen LogP contribution in [0.4, 0.5) is 5.95 Å². The van der Waals surface area contributed by atoms with Crippen molar-refractivity contribution in [3.8, 4) is 28.4 Å². The lowest BCUT2D eigenvalue weighted by molar-refractivity contribution is 0.264. The molecule has 5 rings (SSSR count). The SMILES string of the molecule is COc1c(C)cccc1-c1cc(-c2cn(Cc3cccc(C4(C)CCC4)n3)nn2)nc(N)n1. The molecule has 0 atom stereocenters. The molecule has 0 saturated heterocycles. The maximum atomic E-state index is 6.04. The highest BCUT2D eigenvalue weighted by Gasteiger charge is 2.34. The van der Waals surface area contributed by atoms with Crippen LogP contribution in [0.3, 0.4) is 0 Å². The molecule has 0 aliphatic heterocycles. The molecule has 0 spiro atoms. The minimum Gasteiger partial charge on any atom is -0.496 e. The number of anilines is 1. The van der Waals surface area contributed by atoms with E-state index in [0.717, 1.165) is 28.3 Å². The number of hydrogen-bond donors (Lipinski definition) is 1. The predicted octanol–water partition coefficient (Wildman–Crippen LogP) is 4.19. The molecule has 1 aromatic carbocycles. The van der Waals surface area contributed by atoms with Crippen LogP contribution in [0.1, 0.15) is 43.1 Å². The fourth-order valence-electron chi connectivity index (χ4n) is 4.39. The molecule has 0 unspecified atom stereocenters. The Bertz CT molecular complexity index is 1310. The number of para-hydroxylation sites is 1. The standard InChI is InChI=1S/C25H27N7O/c1-16-7-4-9-18(23(16)33-3)19-13-20(29-24(26)28-19)21-15-32(31-30-21)14-17-8-5-10-22(27-17)25(2)11-6-12-25/h4-5,7-10,13,15H,6,11-12,14H2,1-3H3,(H2,26,28,29). The maximum Gasteiger partial charge on any atom is 0.221 e. The van der Waals surface area contributed by atoms with Gasteiger partial charge in [0.05, 0.1) is 36.9 Å². The third-order valence-electron chi connectivity index (χ3n) is 6.44. The van der Waals surface area contributed by atoms with Crippen LogP contribution < -0.4 is 10.5 Å². The summed E-state index contributed by atoms with van der Waals surface area (Å²) in [6, 6.07) is 14.0. The van der Waals surface area contributed by atoms with E-state index in [1.54, 1.807) is 11.8 Å². The first-order valence-corrected chi connectivity index (χ1v) is 11.1. The quantitative estimate of drug-likeness (QED) is 0.478. The van der Waals surface area contributed by atoms with Gasteiger partial charge in [-0.15, -0.1) is 5.10 Å². The fourth-order valence-corrected chi connectivity index (χ4v) is 4.39. The van der Waals surface area contributed by atoms with Gasteiger partial charge < -0.3 is 10.5 Å². The molecule has 0 radical (unpaired) electrons. The molecule has 1 fully saturated rings. The monoisotopic (exact) mass is 441 g/mol.